The van der Waals surface area contributed by atoms with Crippen LogP contribution in [-0.4, -0.2) is 14.9 Å². The van der Waals surface area contributed by atoms with Crippen LogP contribution in [0.5, 0.6) is 11.5 Å². The fourth-order valence-corrected chi connectivity index (χ4v) is 3.56. The molecule has 1 aromatic heterocycles. The molecule has 1 atom stereocenters. The summed E-state index contributed by atoms with van der Waals surface area (Å²) in [5.41, 5.74) is 1.24. The molecular weight excluding hydrogens is 361 g/mol. The summed E-state index contributed by atoms with van der Waals surface area (Å²) < 4.78 is 32.0. The van der Waals surface area contributed by atoms with Crippen molar-refractivity contribution < 1.29 is 13.3 Å². The Morgan fingerprint density at radius 2 is 1.96 bits per heavy atom. The molecule has 0 saturated carbocycles. The third-order valence-electron chi connectivity index (χ3n) is 3.90. The number of hydrogen-bond donors (Lipinski definition) is 0. The minimum absolute atomic E-state index is 0.242. The van der Waals surface area contributed by atoms with Crippen molar-refractivity contribution in [3.05, 3.63) is 59.0 Å². The lowest BCUT2D eigenvalue weighted by Gasteiger charge is -2.12. The molecule has 0 aliphatic heterocycles. The first kappa shape index (κ1) is 17.8. The largest absolute Gasteiger partial charge is 0.455 e. The molecule has 2 aromatic carbocycles. The molecule has 3 nitrogen and oxygen atoms in total. The van der Waals surface area contributed by atoms with Gasteiger partial charge in [0.05, 0.1) is 21.3 Å². The normalized spacial score (nSPS) is 12.3. The molecular formula is C19H17ClFNO2S. The number of hydrogen-bond acceptors (Lipinski definition) is 3. The molecule has 0 spiro atoms. The van der Waals surface area contributed by atoms with Gasteiger partial charge >= 0.3 is 0 Å². The Morgan fingerprint density at radius 1 is 1.16 bits per heavy atom. The molecule has 3 aromatic rings. The fraction of sp³-hybridized carbons (Fsp3) is 0.211. The molecule has 0 aliphatic carbocycles. The van der Waals surface area contributed by atoms with Crippen LogP contribution in [0.1, 0.15) is 19.4 Å². The van der Waals surface area contributed by atoms with Crippen molar-refractivity contribution in [2.45, 2.75) is 25.2 Å². The Morgan fingerprint density at radius 3 is 2.68 bits per heavy atom. The standard InChI is InChI=1S/C19H17ClFNO2S/c1-3-12-9-15(20)19(11-16(12)21)24-18-7-8-22-17-6-5-13(10-14(17)18)25(23)4-2/h5-11H,3-4H2,1-2H3. The second-order valence-corrected chi connectivity index (χ2v) is 7.60. The third-order valence-corrected chi connectivity index (χ3v) is 5.50. The van der Waals surface area contributed by atoms with Gasteiger partial charge in [-0.15, -0.1) is 0 Å². The van der Waals surface area contributed by atoms with Gasteiger partial charge in [-0.1, -0.05) is 25.4 Å². The molecule has 0 bridgehead atoms. The van der Waals surface area contributed by atoms with E-state index < -0.39 is 10.8 Å². The van der Waals surface area contributed by atoms with Crippen molar-refractivity contribution in [1.82, 2.24) is 4.98 Å². The summed E-state index contributed by atoms with van der Waals surface area (Å²) in [6.07, 6.45) is 2.16. The lowest BCUT2D eigenvalue weighted by Crippen LogP contribution is -1.96. The van der Waals surface area contributed by atoms with Crippen molar-refractivity contribution in [3.63, 3.8) is 0 Å². The summed E-state index contributed by atoms with van der Waals surface area (Å²) in [4.78, 5) is 4.99. The highest BCUT2D eigenvalue weighted by Crippen LogP contribution is 2.35. The van der Waals surface area contributed by atoms with E-state index in [-0.39, 0.29) is 11.6 Å². The molecule has 130 valence electrons. The highest BCUT2D eigenvalue weighted by atomic mass is 35.5. The van der Waals surface area contributed by atoms with Gasteiger partial charge in [-0.2, -0.15) is 0 Å². The Kier molecular flexibility index (Phi) is 5.35. The third kappa shape index (κ3) is 3.67. The van der Waals surface area contributed by atoms with Crippen molar-refractivity contribution in [2.75, 3.05) is 5.75 Å². The smallest absolute Gasteiger partial charge is 0.148 e. The molecule has 1 unspecified atom stereocenters. The van der Waals surface area contributed by atoms with Crippen LogP contribution in [0, 0.1) is 5.82 Å². The molecule has 0 N–H and O–H groups in total. The van der Waals surface area contributed by atoms with Gasteiger partial charge < -0.3 is 4.74 Å². The van der Waals surface area contributed by atoms with Crippen LogP contribution in [0.25, 0.3) is 10.9 Å². The van der Waals surface area contributed by atoms with Gasteiger partial charge in [-0.25, -0.2) is 4.39 Å². The van der Waals surface area contributed by atoms with Crippen LogP contribution in [0.2, 0.25) is 5.02 Å². The predicted molar refractivity (Wildman–Crippen MR) is 99.6 cm³/mol. The van der Waals surface area contributed by atoms with Crippen molar-refractivity contribution in [2.24, 2.45) is 0 Å². The number of halogens is 2. The fourth-order valence-electron chi connectivity index (χ4n) is 2.53. The first-order chi connectivity index (χ1) is 12.0. The van der Waals surface area contributed by atoms with E-state index in [1.165, 1.54) is 6.07 Å². The van der Waals surface area contributed by atoms with Crippen LogP contribution < -0.4 is 4.74 Å². The molecule has 0 fully saturated rings. The number of aromatic nitrogens is 1. The first-order valence-electron chi connectivity index (χ1n) is 7.96. The van der Waals surface area contributed by atoms with E-state index in [0.29, 0.717) is 44.3 Å². The maximum Gasteiger partial charge on any atom is 0.148 e. The van der Waals surface area contributed by atoms with Gasteiger partial charge in [0, 0.05) is 28.3 Å². The Hall–Kier alpha value is -1.98. The maximum atomic E-state index is 14.1. The zero-order valence-corrected chi connectivity index (χ0v) is 15.5. The summed E-state index contributed by atoms with van der Waals surface area (Å²) in [6.45, 7) is 3.72. The zero-order chi connectivity index (χ0) is 18.0. The molecule has 0 saturated heterocycles. The van der Waals surface area contributed by atoms with Crippen molar-refractivity contribution in [1.29, 1.82) is 0 Å². The molecule has 1 heterocycles. The van der Waals surface area contributed by atoms with Gasteiger partial charge in [0.1, 0.15) is 17.3 Å². The quantitative estimate of drug-likeness (QED) is 0.588. The summed E-state index contributed by atoms with van der Waals surface area (Å²) in [7, 11) is -1.08. The number of rotatable bonds is 5. The van der Waals surface area contributed by atoms with Gasteiger partial charge in [-0.3, -0.25) is 9.19 Å². The van der Waals surface area contributed by atoms with Crippen LogP contribution in [0.3, 0.4) is 0 Å². The summed E-state index contributed by atoms with van der Waals surface area (Å²) in [5, 5.41) is 1.05. The topological polar surface area (TPSA) is 39.2 Å². The molecule has 0 amide bonds. The number of nitrogens with zero attached hydrogens (tertiary/aromatic N) is 1. The average Bonchev–Trinajstić information content (AvgIpc) is 2.63. The van der Waals surface area contributed by atoms with Crippen molar-refractivity contribution >= 4 is 33.3 Å². The Labute approximate surface area is 153 Å². The van der Waals surface area contributed by atoms with E-state index >= 15 is 0 Å². The van der Waals surface area contributed by atoms with Gasteiger partial charge in [0.2, 0.25) is 0 Å². The second-order valence-electron chi connectivity index (χ2n) is 5.45. The van der Waals surface area contributed by atoms with E-state index in [1.54, 1.807) is 36.5 Å². The maximum absolute atomic E-state index is 14.1. The lowest BCUT2D eigenvalue weighted by molar-refractivity contribution is 0.480. The molecule has 3 rings (SSSR count). The second kappa shape index (κ2) is 7.50. The lowest BCUT2D eigenvalue weighted by atomic mass is 10.1. The predicted octanol–water partition coefficient (Wildman–Crippen LogP) is 5.51. The number of ether oxygens (including phenoxy) is 1. The van der Waals surface area contributed by atoms with Crippen LogP contribution in [-0.2, 0) is 17.2 Å². The van der Waals surface area contributed by atoms with Crippen LogP contribution >= 0.6 is 11.6 Å². The SMILES string of the molecule is CCc1cc(Cl)c(Oc2ccnc3ccc(S(=O)CC)cc23)cc1F. The van der Waals surface area contributed by atoms with Crippen molar-refractivity contribution in [3.8, 4) is 11.5 Å². The highest BCUT2D eigenvalue weighted by molar-refractivity contribution is 7.85. The van der Waals surface area contributed by atoms with Gasteiger partial charge in [0.15, 0.2) is 0 Å². The molecule has 0 radical (unpaired) electrons. The number of benzene rings is 2. The number of pyridine rings is 1. The van der Waals surface area contributed by atoms with Crippen LogP contribution in [0.4, 0.5) is 4.39 Å². The van der Waals surface area contributed by atoms with E-state index in [4.69, 9.17) is 16.3 Å². The van der Waals surface area contributed by atoms with Crippen LogP contribution in [0.15, 0.2) is 47.5 Å². The van der Waals surface area contributed by atoms with E-state index in [2.05, 4.69) is 4.98 Å². The molecule has 0 aliphatic rings. The summed E-state index contributed by atoms with van der Waals surface area (Å²) >= 11 is 6.23. The Bertz CT molecular complexity index is 962. The monoisotopic (exact) mass is 377 g/mol. The molecule has 25 heavy (non-hydrogen) atoms. The number of aryl methyl sites for hydroxylation is 1. The van der Waals surface area contributed by atoms with E-state index in [1.807, 2.05) is 13.8 Å². The van der Waals surface area contributed by atoms with Gasteiger partial charge in [0.25, 0.3) is 0 Å². The summed E-state index contributed by atoms with van der Waals surface area (Å²) in [5.74, 6) is 0.904. The Balaban J connectivity index is 2.07. The minimum atomic E-state index is -1.08. The van der Waals surface area contributed by atoms with E-state index in [0.717, 1.165) is 0 Å². The zero-order valence-electron chi connectivity index (χ0n) is 13.9. The molecule has 6 heteroatoms. The summed E-state index contributed by atoms with van der Waals surface area (Å²) in [6, 6.07) is 9.94. The first-order valence-corrected chi connectivity index (χ1v) is 9.66. The number of fused-ring (bicyclic) bond motifs is 1. The minimum Gasteiger partial charge on any atom is -0.455 e. The average molecular weight is 378 g/mol. The van der Waals surface area contributed by atoms with E-state index in [9.17, 15) is 8.60 Å². The highest BCUT2D eigenvalue weighted by Gasteiger charge is 2.13. The van der Waals surface area contributed by atoms with Gasteiger partial charge in [-0.05, 0) is 42.3 Å².